The molecule has 4 nitrogen and oxygen atoms in total. The average molecular weight is 250 g/mol. The van der Waals surface area contributed by atoms with Crippen LogP contribution in [0.15, 0.2) is 17.0 Å². The molecule has 0 radical (unpaired) electrons. The summed E-state index contributed by atoms with van der Waals surface area (Å²) >= 11 is 0. The van der Waals surface area contributed by atoms with Gasteiger partial charge in [0, 0.05) is 12.3 Å². The van der Waals surface area contributed by atoms with Crippen molar-refractivity contribution in [3.05, 3.63) is 29.3 Å². The van der Waals surface area contributed by atoms with Gasteiger partial charge < -0.3 is 4.74 Å². The topological polar surface area (TPSA) is 60.4 Å². The molecule has 0 unspecified atom stereocenters. The lowest BCUT2D eigenvalue weighted by Crippen LogP contribution is -2.09. The molecule has 0 fully saturated rings. The van der Waals surface area contributed by atoms with Crippen molar-refractivity contribution < 1.29 is 26.7 Å². The second-order valence-corrected chi connectivity index (χ2v) is 5.01. The van der Waals surface area contributed by atoms with Gasteiger partial charge in [0.05, 0.1) is 12.7 Å². The van der Waals surface area contributed by atoms with Gasteiger partial charge in [-0.1, -0.05) is 0 Å². The Kier molecular flexibility index (Phi) is 3.27. The number of sulfone groups is 1. The van der Waals surface area contributed by atoms with Gasteiger partial charge in [-0.3, -0.25) is 0 Å². The van der Waals surface area contributed by atoms with Crippen LogP contribution in [0.25, 0.3) is 0 Å². The van der Waals surface area contributed by atoms with Gasteiger partial charge in [-0.15, -0.1) is 0 Å². The predicted octanol–water partition coefficient (Wildman–Crippen LogP) is 1.15. The quantitative estimate of drug-likeness (QED) is 0.583. The fourth-order valence-corrected chi connectivity index (χ4v) is 1.82. The Balaban J connectivity index is 3.51. The van der Waals surface area contributed by atoms with Crippen LogP contribution in [0.2, 0.25) is 0 Å². The fraction of sp³-hybridized carbons (Fsp3) is 0.222. The number of carbonyl (C=O) groups is 1. The van der Waals surface area contributed by atoms with Gasteiger partial charge >= 0.3 is 5.97 Å². The van der Waals surface area contributed by atoms with Crippen molar-refractivity contribution >= 4 is 15.8 Å². The number of benzene rings is 1. The van der Waals surface area contributed by atoms with E-state index in [2.05, 4.69) is 4.74 Å². The van der Waals surface area contributed by atoms with Crippen LogP contribution in [0.3, 0.4) is 0 Å². The zero-order valence-corrected chi connectivity index (χ0v) is 9.27. The van der Waals surface area contributed by atoms with E-state index in [9.17, 15) is 22.0 Å². The first kappa shape index (κ1) is 12.6. The smallest absolute Gasteiger partial charge is 0.340 e. The van der Waals surface area contributed by atoms with Crippen LogP contribution in [-0.2, 0) is 14.6 Å². The van der Waals surface area contributed by atoms with Crippen molar-refractivity contribution in [1.29, 1.82) is 0 Å². The zero-order valence-electron chi connectivity index (χ0n) is 8.45. The normalized spacial score (nSPS) is 11.2. The summed E-state index contributed by atoms with van der Waals surface area (Å²) in [5, 5.41) is 0. The van der Waals surface area contributed by atoms with Gasteiger partial charge in [-0.2, -0.15) is 0 Å². The molecule has 7 heteroatoms. The Morgan fingerprint density at radius 3 is 2.25 bits per heavy atom. The molecule has 0 saturated carbocycles. The summed E-state index contributed by atoms with van der Waals surface area (Å²) in [5.41, 5.74) is -0.621. The minimum Gasteiger partial charge on any atom is -0.465 e. The SMILES string of the molecule is COC(=O)c1cc(S(C)(=O)=O)c(F)cc1F. The molecule has 0 spiro atoms. The van der Waals surface area contributed by atoms with Gasteiger partial charge in [0.2, 0.25) is 0 Å². The predicted molar refractivity (Wildman–Crippen MR) is 50.8 cm³/mol. The number of halogens is 2. The van der Waals surface area contributed by atoms with Gasteiger partial charge in [-0.25, -0.2) is 22.0 Å². The largest absolute Gasteiger partial charge is 0.465 e. The van der Waals surface area contributed by atoms with Crippen molar-refractivity contribution in [3.8, 4) is 0 Å². The molecule has 0 aliphatic rings. The lowest BCUT2D eigenvalue weighted by Gasteiger charge is -2.05. The second-order valence-electron chi connectivity index (χ2n) is 3.03. The Hall–Kier alpha value is -1.50. The van der Waals surface area contributed by atoms with E-state index in [1.165, 1.54) is 0 Å². The molecule has 0 aliphatic heterocycles. The maximum Gasteiger partial charge on any atom is 0.340 e. The number of hydrogen-bond donors (Lipinski definition) is 0. The van der Waals surface area contributed by atoms with Gasteiger partial charge in [0.25, 0.3) is 0 Å². The highest BCUT2D eigenvalue weighted by atomic mass is 32.2. The first-order valence-corrected chi connectivity index (χ1v) is 5.94. The van der Waals surface area contributed by atoms with Crippen molar-refractivity contribution in [1.82, 2.24) is 0 Å². The Bertz CT molecular complexity index is 537. The molecule has 0 amide bonds. The number of rotatable bonds is 2. The van der Waals surface area contributed by atoms with Crippen molar-refractivity contribution in [2.24, 2.45) is 0 Å². The number of methoxy groups -OCH3 is 1. The molecule has 1 aromatic rings. The fourth-order valence-electron chi connectivity index (χ4n) is 1.08. The third-order valence-corrected chi connectivity index (χ3v) is 2.94. The third-order valence-electron chi connectivity index (χ3n) is 1.83. The highest BCUT2D eigenvalue weighted by Gasteiger charge is 2.21. The van der Waals surface area contributed by atoms with Crippen LogP contribution >= 0.6 is 0 Å². The molecule has 0 N–H and O–H groups in total. The van der Waals surface area contributed by atoms with E-state index < -0.39 is 37.9 Å². The molecule has 0 heterocycles. The number of hydrogen-bond acceptors (Lipinski definition) is 4. The summed E-state index contributed by atoms with van der Waals surface area (Å²) in [5.74, 6) is -3.48. The lowest BCUT2D eigenvalue weighted by molar-refractivity contribution is 0.0595. The number of esters is 1. The van der Waals surface area contributed by atoms with E-state index in [1.54, 1.807) is 0 Å². The Morgan fingerprint density at radius 2 is 1.81 bits per heavy atom. The van der Waals surface area contributed by atoms with E-state index in [0.29, 0.717) is 12.1 Å². The summed E-state index contributed by atoms with van der Waals surface area (Å²) in [7, 11) is -2.86. The molecule has 88 valence electrons. The summed E-state index contributed by atoms with van der Waals surface area (Å²) < 4.78 is 52.7. The lowest BCUT2D eigenvalue weighted by atomic mass is 10.2. The summed E-state index contributed by atoms with van der Waals surface area (Å²) in [6.07, 6.45) is 0.754. The molecule has 0 bridgehead atoms. The van der Waals surface area contributed by atoms with E-state index in [4.69, 9.17) is 0 Å². The summed E-state index contributed by atoms with van der Waals surface area (Å²) in [4.78, 5) is 10.3. The number of ether oxygens (including phenoxy) is 1. The monoisotopic (exact) mass is 250 g/mol. The molecule has 0 aromatic heterocycles. The van der Waals surface area contributed by atoms with Crippen LogP contribution < -0.4 is 0 Å². The third kappa shape index (κ3) is 2.35. The average Bonchev–Trinajstić information content (AvgIpc) is 2.14. The van der Waals surface area contributed by atoms with E-state index >= 15 is 0 Å². The molecule has 0 saturated heterocycles. The maximum absolute atomic E-state index is 13.1. The molecular formula is C9H8F2O4S. The van der Waals surface area contributed by atoms with Gasteiger partial charge in [0.1, 0.15) is 16.5 Å². The van der Waals surface area contributed by atoms with Gasteiger partial charge in [-0.05, 0) is 6.07 Å². The van der Waals surface area contributed by atoms with Crippen molar-refractivity contribution in [2.45, 2.75) is 4.90 Å². The van der Waals surface area contributed by atoms with Crippen LogP contribution in [0.1, 0.15) is 10.4 Å². The Morgan fingerprint density at radius 1 is 1.25 bits per heavy atom. The molecule has 0 aliphatic carbocycles. The van der Waals surface area contributed by atoms with E-state index in [1.807, 2.05) is 0 Å². The van der Waals surface area contributed by atoms with Gasteiger partial charge in [0.15, 0.2) is 9.84 Å². The second kappa shape index (κ2) is 4.17. The molecule has 16 heavy (non-hydrogen) atoms. The molecule has 0 atom stereocenters. The van der Waals surface area contributed by atoms with Crippen molar-refractivity contribution in [2.75, 3.05) is 13.4 Å². The van der Waals surface area contributed by atoms with Crippen LogP contribution in [0.4, 0.5) is 8.78 Å². The highest BCUT2D eigenvalue weighted by molar-refractivity contribution is 7.90. The Labute approximate surface area is 90.8 Å². The van der Waals surface area contributed by atoms with E-state index in [-0.39, 0.29) is 0 Å². The summed E-state index contributed by atoms with van der Waals surface area (Å²) in [6.45, 7) is 0. The molecule has 1 aromatic carbocycles. The highest BCUT2D eigenvalue weighted by Crippen LogP contribution is 2.19. The zero-order chi connectivity index (χ0) is 12.5. The summed E-state index contributed by atoms with van der Waals surface area (Å²) in [6, 6.07) is 0.953. The molecular weight excluding hydrogens is 242 g/mol. The maximum atomic E-state index is 13.1. The molecule has 1 rings (SSSR count). The van der Waals surface area contributed by atoms with Crippen LogP contribution in [-0.4, -0.2) is 27.8 Å². The van der Waals surface area contributed by atoms with Crippen molar-refractivity contribution in [3.63, 3.8) is 0 Å². The first-order chi connectivity index (χ1) is 7.27. The standard InChI is InChI=1S/C9H8F2O4S/c1-15-9(12)5-3-8(16(2,13)14)7(11)4-6(5)10/h3-4H,1-2H3. The minimum absolute atomic E-state index is 0.336. The minimum atomic E-state index is -3.86. The van der Waals surface area contributed by atoms with E-state index in [0.717, 1.165) is 13.4 Å². The first-order valence-electron chi connectivity index (χ1n) is 4.04. The van der Waals surface area contributed by atoms with Crippen LogP contribution in [0.5, 0.6) is 0 Å². The van der Waals surface area contributed by atoms with Crippen LogP contribution in [0, 0.1) is 11.6 Å². The number of carbonyl (C=O) groups excluding carboxylic acids is 1.